The zero-order chi connectivity index (χ0) is 18.8. The minimum absolute atomic E-state index is 0.113. The molecule has 6 heteroatoms. The van der Waals surface area contributed by atoms with Crippen LogP contribution in [0.4, 0.5) is 5.69 Å². The second-order valence-corrected chi connectivity index (χ2v) is 7.58. The third kappa shape index (κ3) is 3.48. The number of benzene rings is 2. The predicted octanol–water partition coefficient (Wildman–Crippen LogP) is 4.73. The lowest BCUT2D eigenvalue weighted by Crippen LogP contribution is -2.27. The van der Waals surface area contributed by atoms with Gasteiger partial charge in [0, 0.05) is 0 Å². The van der Waals surface area contributed by atoms with E-state index in [4.69, 9.17) is 21.7 Å². The quantitative estimate of drug-likeness (QED) is 0.562. The van der Waals surface area contributed by atoms with Gasteiger partial charge >= 0.3 is 0 Å². The number of carbonyl (C=O) groups excluding carboxylic acids is 1. The highest BCUT2D eigenvalue weighted by atomic mass is 32.2. The van der Waals surface area contributed by atoms with Gasteiger partial charge < -0.3 is 9.47 Å². The molecule has 0 radical (unpaired) electrons. The number of ether oxygens (including phenoxy) is 2. The highest BCUT2D eigenvalue weighted by Crippen LogP contribution is 2.37. The average molecular weight is 386 g/mol. The fraction of sp³-hybridized carbons (Fsp3) is 0.200. The van der Waals surface area contributed by atoms with Crippen molar-refractivity contribution in [2.75, 3.05) is 19.1 Å². The molecule has 1 amide bonds. The molecule has 26 heavy (non-hydrogen) atoms. The Morgan fingerprint density at radius 3 is 2.38 bits per heavy atom. The molecular formula is C20H19NO3S2. The number of carbonyl (C=O) groups is 1. The Morgan fingerprint density at radius 1 is 1.00 bits per heavy atom. The Hall–Kier alpha value is -2.31. The van der Waals surface area contributed by atoms with Gasteiger partial charge in [-0.3, -0.25) is 9.69 Å². The molecule has 1 saturated heterocycles. The van der Waals surface area contributed by atoms with Crippen LogP contribution >= 0.6 is 24.0 Å². The number of methoxy groups -OCH3 is 2. The average Bonchev–Trinajstić information content (AvgIpc) is 2.91. The van der Waals surface area contributed by atoms with Crippen LogP contribution in [0.5, 0.6) is 11.5 Å². The summed E-state index contributed by atoms with van der Waals surface area (Å²) in [6.07, 6.45) is 1.82. The molecule has 3 rings (SSSR count). The molecule has 0 atom stereocenters. The van der Waals surface area contributed by atoms with E-state index in [2.05, 4.69) is 0 Å². The highest BCUT2D eigenvalue weighted by Gasteiger charge is 2.33. The molecule has 1 aliphatic rings. The first-order valence-electron chi connectivity index (χ1n) is 8.02. The van der Waals surface area contributed by atoms with Crippen LogP contribution in [0.1, 0.15) is 16.7 Å². The lowest BCUT2D eigenvalue weighted by atomic mass is 10.1. The first-order chi connectivity index (χ1) is 12.4. The fourth-order valence-corrected chi connectivity index (χ4v) is 3.95. The van der Waals surface area contributed by atoms with Gasteiger partial charge in [0.05, 0.1) is 24.8 Å². The highest BCUT2D eigenvalue weighted by molar-refractivity contribution is 8.27. The summed E-state index contributed by atoms with van der Waals surface area (Å²) < 4.78 is 11.1. The third-order valence-electron chi connectivity index (χ3n) is 4.25. The molecule has 134 valence electrons. The molecule has 1 heterocycles. The number of nitrogens with zero attached hydrogens (tertiary/aromatic N) is 1. The summed E-state index contributed by atoms with van der Waals surface area (Å²) in [4.78, 5) is 15.1. The van der Waals surface area contributed by atoms with Crippen molar-refractivity contribution in [3.8, 4) is 11.5 Å². The van der Waals surface area contributed by atoms with E-state index in [0.29, 0.717) is 20.7 Å². The molecule has 0 N–H and O–H groups in total. The minimum Gasteiger partial charge on any atom is -0.493 e. The van der Waals surface area contributed by atoms with Crippen molar-refractivity contribution in [2.24, 2.45) is 0 Å². The van der Waals surface area contributed by atoms with E-state index in [-0.39, 0.29) is 5.91 Å². The molecule has 0 bridgehead atoms. The normalized spacial score (nSPS) is 15.7. The Labute approximate surface area is 162 Å². The smallest absolute Gasteiger partial charge is 0.270 e. The Bertz CT molecular complexity index is 921. The number of thioether (sulfide) groups is 1. The fourth-order valence-electron chi connectivity index (χ4n) is 2.65. The maximum atomic E-state index is 12.9. The van der Waals surface area contributed by atoms with Crippen LogP contribution in [0.25, 0.3) is 6.08 Å². The van der Waals surface area contributed by atoms with Crippen molar-refractivity contribution < 1.29 is 14.3 Å². The number of anilines is 1. The first kappa shape index (κ1) is 18.5. The molecule has 2 aromatic carbocycles. The second kappa shape index (κ2) is 7.51. The number of hydrogen-bond acceptors (Lipinski definition) is 5. The van der Waals surface area contributed by atoms with Gasteiger partial charge in [0.1, 0.15) is 0 Å². The monoisotopic (exact) mass is 385 g/mol. The van der Waals surface area contributed by atoms with Gasteiger partial charge in [-0.1, -0.05) is 36.1 Å². The number of rotatable bonds is 4. The maximum Gasteiger partial charge on any atom is 0.270 e. The van der Waals surface area contributed by atoms with Crippen LogP contribution in [-0.4, -0.2) is 24.4 Å². The molecule has 0 spiro atoms. The van der Waals surface area contributed by atoms with Crippen molar-refractivity contribution in [1.29, 1.82) is 0 Å². The van der Waals surface area contributed by atoms with Crippen LogP contribution in [0.3, 0.4) is 0 Å². The van der Waals surface area contributed by atoms with Gasteiger partial charge in [-0.15, -0.1) is 0 Å². The van der Waals surface area contributed by atoms with E-state index in [1.54, 1.807) is 19.1 Å². The molecule has 4 nitrogen and oxygen atoms in total. The zero-order valence-electron chi connectivity index (χ0n) is 15.0. The van der Waals surface area contributed by atoms with Crippen molar-refractivity contribution in [2.45, 2.75) is 13.8 Å². The molecule has 2 aromatic rings. The Morgan fingerprint density at radius 2 is 1.73 bits per heavy atom. The zero-order valence-corrected chi connectivity index (χ0v) is 16.7. The molecule has 0 saturated carbocycles. The standard InChI is InChI=1S/C20H19NO3S2/c1-12-5-7-15(9-13(12)2)21-19(22)18(26-20(21)25)11-14-6-8-16(23-3)17(10-14)24-4/h5-11H,1-4H3/b18-11-. The third-order valence-corrected chi connectivity index (χ3v) is 5.55. The first-order valence-corrected chi connectivity index (χ1v) is 9.24. The van der Waals surface area contributed by atoms with Crippen molar-refractivity contribution in [3.05, 3.63) is 58.0 Å². The predicted molar refractivity (Wildman–Crippen MR) is 111 cm³/mol. The minimum atomic E-state index is -0.113. The lowest BCUT2D eigenvalue weighted by molar-refractivity contribution is -0.113. The van der Waals surface area contributed by atoms with E-state index in [9.17, 15) is 4.79 Å². The Balaban J connectivity index is 1.93. The summed E-state index contributed by atoms with van der Waals surface area (Å²) in [7, 11) is 3.17. The SMILES string of the molecule is COc1ccc(/C=C2\SC(=S)N(c3ccc(C)c(C)c3)C2=O)cc1OC. The van der Waals surface area contributed by atoms with Gasteiger partial charge in [0.2, 0.25) is 0 Å². The summed E-state index contributed by atoms with van der Waals surface area (Å²) in [6.45, 7) is 4.07. The summed E-state index contributed by atoms with van der Waals surface area (Å²) in [5, 5.41) is 0. The van der Waals surface area contributed by atoms with Gasteiger partial charge in [-0.05, 0) is 60.9 Å². The van der Waals surface area contributed by atoms with Crippen LogP contribution in [0, 0.1) is 13.8 Å². The van der Waals surface area contributed by atoms with Crippen molar-refractivity contribution in [1.82, 2.24) is 0 Å². The van der Waals surface area contributed by atoms with E-state index in [0.717, 1.165) is 16.8 Å². The number of hydrogen-bond donors (Lipinski definition) is 0. The van der Waals surface area contributed by atoms with Crippen LogP contribution in [-0.2, 0) is 4.79 Å². The number of thiocarbonyl (C=S) groups is 1. The number of amides is 1. The molecule has 0 aliphatic carbocycles. The van der Waals surface area contributed by atoms with Gasteiger partial charge in [0.15, 0.2) is 15.8 Å². The summed E-state index contributed by atoms with van der Waals surface area (Å²) >= 11 is 6.74. The van der Waals surface area contributed by atoms with Crippen LogP contribution in [0.2, 0.25) is 0 Å². The van der Waals surface area contributed by atoms with Gasteiger partial charge in [-0.25, -0.2) is 0 Å². The van der Waals surface area contributed by atoms with Crippen LogP contribution in [0.15, 0.2) is 41.3 Å². The van der Waals surface area contributed by atoms with Gasteiger partial charge in [0.25, 0.3) is 5.91 Å². The summed E-state index contributed by atoms with van der Waals surface area (Å²) in [5.74, 6) is 1.15. The van der Waals surface area contributed by atoms with Crippen molar-refractivity contribution >= 4 is 46.0 Å². The maximum absolute atomic E-state index is 12.9. The number of aryl methyl sites for hydroxylation is 2. The summed E-state index contributed by atoms with van der Waals surface area (Å²) in [5.41, 5.74) is 3.95. The molecule has 1 aliphatic heterocycles. The largest absolute Gasteiger partial charge is 0.493 e. The molecule has 0 unspecified atom stereocenters. The van der Waals surface area contributed by atoms with E-state index in [1.165, 1.54) is 17.3 Å². The van der Waals surface area contributed by atoms with Crippen molar-refractivity contribution in [3.63, 3.8) is 0 Å². The van der Waals surface area contributed by atoms with E-state index in [1.807, 2.05) is 56.3 Å². The lowest BCUT2D eigenvalue weighted by Gasteiger charge is -2.16. The summed E-state index contributed by atoms with van der Waals surface area (Å²) in [6, 6.07) is 11.4. The molecule has 1 fully saturated rings. The molecule has 0 aromatic heterocycles. The Kier molecular flexibility index (Phi) is 5.34. The van der Waals surface area contributed by atoms with E-state index < -0.39 is 0 Å². The molecular weight excluding hydrogens is 366 g/mol. The topological polar surface area (TPSA) is 38.8 Å². The van der Waals surface area contributed by atoms with Gasteiger partial charge in [-0.2, -0.15) is 0 Å². The van der Waals surface area contributed by atoms with Crippen LogP contribution < -0.4 is 14.4 Å². The second-order valence-electron chi connectivity index (χ2n) is 5.90. The van der Waals surface area contributed by atoms with E-state index >= 15 is 0 Å².